The molecule has 2 aromatic carbocycles. The maximum Gasteiger partial charge on any atom is 0.125 e. The first-order chi connectivity index (χ1) is 11.6. The fourth-order valence-corrected chi connectivity index (χ4v) is 3.38. The number of aromatic amines is 1. The van der Waals surface area contributed by atoms with Crippen molar-refractivity contribution in [3.05, 3.63) is 59.2 Å². The lowest BCUT2D eigenvalue weighted by Crippen LogP contribution is -1.98. The van der Waals surface area contributed by atoms with Crippen LogP contribution in [0.4, 0.5) is 4.39 Å². The van der Waals surface area contributed by atoms with Gasteiger partial charge in [0, 0.05) is 23.7 Å². The second-order valence-electron chi connectivity index (χ2n) is 6.22. The Balaban J connectivity index is 1.82. The smallest absolute Gasteiger partial charge is 0.125 e. The van der Waals surface area contributed by atoms with Gasteiger partial charge in [-0.15, -0.1) is 0 Å². The van der Waals surface area contributed by atoms with Crippen molar-refractivity contribution in [3.8, 4) is 0 Å². The van der Waals surface area contributed by atoms with E-state index in [0.717, 1.165) is 34.2 Å². The Bertz CT molecular complexity index is 1040. The summed E-state index contributed by atoms with van der Waals surface area (Å²) in [4.78, 5) is 0. The van der Waals surface area contributed by atoms with E-state index in [-0.39, 0.29) is 11.7 Å². The lowest BCUT2D eigenvalue weighted by Gasteiger charge is -2.10. The summed E-state index contributed by atoms with van der Waals surface area (Å²) in [6.45, 7) is 4.24. The van der Waals surface area contributed by atoms with Gasteiger partial charge in [0.25, 0.3) is 0 Å². The number of nitrogens with one attached hydrogen (secondary N) is 1. The number of hydrogen-bond acceptors (Lipinski definition) is 2. The molecular formula is C19H19FN4. The van der Waals surface area contributed by atoms with Crippen molar-refractivity contribution in [2.45, 2.75) is 26.2 Å². The summed E-state index contributed by atoms with van der Waals surface area (Å²) in [5.41, 5.74) is 5.08. The number of H-pyrrole nitrogens is 1. The topological polar surface area (TPSA) is 46.5 Å². The molecule has 1 atom stereocenters. The Hall–Kier alpha value is -2.69. The second-order valence-corrected chi connectivity index (χ2v) is 6.22. The first kappa shape index (κ1) is 14.9. The van der Waals surface area contributed by atoms with E-state index in [4.69, 9.17) is 0 Å². The van der Waals surface area contributed by atoms with E-state index < -0.39 is 0 Å². The molecule has 1 N–H and O–H groups in total. The molecule has 0 radical (unpaired) electrons. The number of rotatable bonds is 3. The molecule has 0 bridgehead atoms. The van der Waals surface area contributed by atoms with Crippen LogP contribution < -0.4 is 0 Å². The van der Waals surface area contributed by atoms with E-state index in [1.807, 2.05) is 11.7 Å². The number of fused-ring (bicyclic) bond motifs is 2. The third-order valence-corrected chi connectivity index (χ3v) is 4.75. The Morgan fingerprint density at radius 1 is 1.17 bits per heavy atom. The fraction of sp³-hybridized carbons (Fsp3) is 0.263. The number of benzene rings is 2. The van der Waals surface area contributed by atoms with Crippen LogP contribution in [-0.2, 0) is 13.5 Å². The Morgan fingerprint density at radius 3 is 2.75 bits per heavy atom. The summed E-state index contributed by atoms with van der Waals surface area (Å²) in [6.07, 6.45) is 0.918. The number of hydrogen-bond donors (Lipinski definition) is 1. The normalized spacial score (nSPS) is 13.0. The van der Waals surface area contributed by atoms with Crippen molar-refractivity contribution in [3.63, 3.8) is 0 Å². The van der Waals surface area contributed by atoms with Crippen LogP contribution in [0.5, 0.6) is 0 Å². The third kappa shape index (κ3) is 2.19. The van der Waals surface area contributed by atoms with Gasteiger partial charge in [0.15, 0.2) is 0 Å². The van der Waals surface area contributed by atoms with Crippen LogP contribution in [0.3, 0.4) is 0 Å². The molecule has 0 fully saturated rings. The van der Waals surface area contributed by atoms with Crippen LogP contribution in [0.15, 0.2) is 36.4 Å². The molecule has 0 saturated heterocycles. The SMILES string of the molecule is CCc1nn(C)c2cc(C(C)c3n[nH]c4cc(F)ccc34)ccc12. The highest BCUT2D eigenvalue weighted by Crippen LogP contribution is 2.31. The summed E-state index contributed by atoms with van der Waals surface area (Å²) in [7, 11) is 1.97. The van der Waals surface area contributed by atoms with Crippen LogP contribution in [-0.4, -0.2) is 20.0 Å². The molecule has 4 nitrogen and oxygen atoms in total. The van der Waals surface area contributed by atoms with Crippen molar-refractivity contribution in [1.82, 2.24) is 20.0 Å². The first-order valence-corrected chi connectivity index (χ1v) is 8.17. The molecule has 4 aromatic rings. The minimum absolute atomic E-state index is 0.105. The number of halogens is 1. The van der Waals surface area contributed by atoms with Crippen LogP contribution >= 0.6 is 0 Å². The molecule has 4 rings (SSSR count). The molecule has 0 amide bonds. The summed E-state index contributed by atoms with van der Waals surface area (Å²) in [5.74, 6) is -0.151. The lowest BCUT2D eigenvalue weighted by molar-refractivity contribution is 0.629. The first-order valence-electron chi connectivity index (χ1n) is 8.17. The minimum Gasteiger partial charge on any atom is -0.277 e. The van der Waals surface area contributed by atoms with Gasteiger partial charge in [-0.3, -0.25) is 9.78 Å². The molecule has 0 aliphatic rings. The zero-order valence-electron chi connectivity index (χ0n) is 14.0. The molecular weight excluding hydrogens is 303 g/mol. The van der Waals surface area contributed by atoms with Gasteiger partial charge >= 0.3 is 0 Å². The number of aryl methyl sites for hydroxylation is 2. The Labute approximate surface area is 139 Å². The predicted octanol–water partition coefficient (Wildman–Crippen LogP) is 4.30. The minimum atomic E-state index is -0.256. The molecule has 1 unspecified atom stereocenters. The fourth-order valence-electron chi connectivity index (χ4n) is 3.38. The highest BCUT2D eigenvalue weighted by Gasteiger charge is 2.17. The third-order valence-electron chi connectivity index (χ3n) is 4.75. The molecule has 0 saturated carbocycles. The highest BCUT2D eigenvalue weighted by atomic mass is 19.1. The van der Waals surface area contributed by atoms with Crippen molar-refractivity contribution in [2.24, 2.45) is 7.05 Å². The van der Waals surface area contributed by atoms with Crippen LogP contribution in [0.2, 0.25) is 0 Å². The van der Waals surface area contributed by atoms with Gasteiger partial charge in [0.1, 0.15) is 5.82 Å². The second kappa shape index (κ2) is 5.44. The molecule has 0 spiro atoms. The van der Waals surface area contributed by atoms with E-state index in [0.29, 0.717) is 0 Å². The Morgan fingerprint density at radius 2 is 1.96 bits per heavy atom. The van der Waals surface area contributed by atoms with Crippen molar-refractivity contribution in [1.29, 1.82) is 0 Å². The predicted molar refractivity (Wildman–Crippen MR) is 93.7 cm³/mol. The van der Waals surface area contributed by atoms with E-state index in [9.17, 15) is 4.39 Å². The van der Waals surface area contributed by atoms with Crippen molar-refractivity contribution in [2.75, 3.05) is 0 Å². The van der Waals surface area contributed by atoms with E-state index in [1.54, 1.807) is 6.07 Å². The van der Waals surface area contributed by atoms with Crippen molar-refractivity contribution >= 4 is 21.8 Å². The van der Waals surface area contributed by atoms with Gasteiger partial charge in [-0.05, 0) is 36.2 Å². The summed E-state index contributed by atoms with van der Waals surface area (Å²) < 4.78 is 15.3. The average Bonchev–Trinajstić information content (AvgIpc) is 3.14. The van der Waals surface area contributed by atoms with Gasteiger partial charge in [0.2, 0.25) is 0 Å². The highest BCUT2D eigenvalue weighted by molar-refractivity contribution is 5.84. The maximum absolute atomic E-state index is 13.4. The van der Waals surface area contributed by atoms with Gasteiger partial charge in [-0.2, -0.15) is 10.2 Å². The standard InChI is InChI=1S/C19H19FN4/c1-4-16-14-7-5-12(9-18(14)24(3)23-16)11(2)19-15-8-6-13(20)10-17(15)21-22-19/h5-11H,4H2,1-3H3,(H,21,22). The molecule has 0 aliphatic heterocycles. The molecule has 5 heteroatoms. The summed E-state index contributed by atoms with van der Waals surface area (Å²) in [6, 6.07) is 11.2. The zero-order valence-corrected chi connectivity index (χ0v) is 14.0. The average molecular weight is 322 g/mol. The van der Waals surface area contributed by atoms with Gasteiger partial charge in [-0.25, -0.2) is 4.39 Å². The molecule has 2 heterocycles. The zero-order chi connectivity index (χ0) is 16.8. The van der Waals surface area contributed by atoms with Crippen LogP contribution in [0.25, 0.3) is 21.8 Å². The van der Waals surface area contributed by atoms with Crippen LogP contribution in [0.1, 0.15) is 36.7 Å². The largest absolute Gasteiger partial charge is 0.277 e. The number of aromatic nitrogens is 4. The van der Waals surface area contributed by atoms with E-state index in [2.05, 4.69) is 47.3 Å². The molecule has 24 heavy (non-hydrogen) atoms. The van der Waals surface area contributed by atoms with Gasteiger partial charge in [-0.1, -0.05) is 26.0 Å². The van der Waals surface area contributed by atoms with Crippen molar-refractivity contribution < 1.29 is 4.39 Å². The summed E-state index contributed by atoms with van der Waals surface area (Å²) >= 11 is 0. The van der Waals surface area contributed by atoms with E-state index in [1.165, 1.54) is 23.1 Å². The number of nitrogens with zero attached hydrogens (tertiary/aromatic N) is 3. The lowest BCUT2D eigenvalue weighted by atomic mass is 9.94. The van der Waals surface area contributed by atoms with Gasteiger partial charge in [0.05, 0.1) is 22.4 Å². The molecule has 2 aromatic heterocycles. The molecule has 122 valence electrons. The van der Waals surface area contributed by atoms with E-state index >= 15 is 0 Å². The quantitative estimate of drug-likeness (QED) is 0.611. The van der Waals surface area contributed by atoms with Crippen LogP contribution in [0, 0.1) is 5.82 Å². The maximum atomic E-state index is 13.4. The monoisotopic (exact) mass is 322 g/mol. The summed E-state index contributed by atoms with van der Waals surface area (Å²) in [5, 5.41) is 14.1. The van der Waals surface area contributed by atoms with Gasteiger partial charge < -0.3 is 0 Å². The Kier molecular flexibility index (Phi) is 3.37. The molecule has 0 aliphatic carbocycles.